The Morgan fingerprint density at radius 1 is 1.09 bits per heavy atom. The Kier molecular flexibility index (Phi) is 3.92. The number of hydrogen-bond donors (Lipinski definition) is 2. The van der Waals surface area contributed by atoms with Crippen molar-refractivity contribution in [3.8, 4) is 0 Å². The molecule has 3 heteroatoms. The molecular formula is C20H28N2O. The molecule has 0 aromatic heterocycles. The molecule has 23 heavy (non-hydrogen) atoms. The number of hydrogen-bond acceptors (Lipinski definition) is 2. The molecule has 1 atom stereocenters. The first-order valence-corrected chi connectivity index (χ1v) is 9.21. The lowest BCUT2D eigenvalue weighted by atomic mass is 9.53. The third-order valence-corrected chi connectivity index (χ3v) is 6.34. The van der Waals surface area contributed by atoms with Crippen LogP contribution in [0.5, 0.6) is 0 Å². The summed E-state index contributed by atoms with van der Waals surface area (Å²) in [5.41, 5.74) is 1.43. The molecule has 3 nitrogen and oxygen atoms in total. The van der Waals surface area contributed by atoms with Crippen LogP contribution < -0.4 is 10.6 Å². The third kappa shape index (κ3) is 3.16. The molecule has 4 saturated carbocycles. The van der Waals surface area contributed by atoms with Gasteiger partial charge in [0, 0.05) is 5.54 Å². The molecule has 4 bridgehead atoms. The minimum absolute atomic E-state index is 0.0712. The third-order valence-electron chi connectivity index (χ3n) is 6.34. The lowest BCUT2D eigenvalue weighted by Gasteiger charge is -2.57. The lowest BCUT2D eigenvalue weighted by Crippen LogP contribution is -2.59. The van der Waals surface area contributed by atoms with E-state index in [0.717, 1.165) is 23.3 Å². The van der Waals surface area contributed by atoms with Gasteiger partial charge in [-0.05, 0) is 68.8 Å². The maximum Gasteiger partial charge on any atom is 0.234 e. The lowest BCUT2D eigenvalue weighted by molar-refractivity contribution is -0.122. The van der Waals surface area contributed by atoms with Gasteiger partial charge in [-0.3, -0.25) is 4.79 Å². The van der Waals surface area contributed by atoms with E-state index in [1.165, 1.54) is 38.5 Å². The van der Waals surface area contributed by atoms with Crippen molar-refractivity contribution in [1.29, 1.82) is 0 Å². The smallest absolute Gasteiger partial charge is 0.234 e. The summed E-state index contributed by atoms with van der Waals surface area (Å²) < 4.78 is 0. The molecule has 5 rings (SSSR count). The van der Waals surface area contributed by atoms with Crippen molar-refractivity contribution in [2.75, 3.05) is 6.54 Å². The average molecular weight is 312 g/mol. The molecule has 1 aromatic carbocycles. The summed E-state index contributed by atoms with van der Waals surface area (Å²) in [7, 11) is 0. The highest BCUT2D eigenvalue weighted by molar-refractivity contribution is 5.78. The van der Waals surface area contributed by atoms with Crippen LogP contribution in [0.4, 0.5) is 0 Å². The summed E-state index contributed by atoms with van der Waals surface area (Å²) >= 11 is 0. The maximum atomic E-state index is 12.3. The van der Waals surface area contributed by atoms with E-state index in [-0.39, 0.29) is 17.5 Å². The van der Waals surface area contributed by atoms with Gasteiger partial charge in [-0.1, -0.05) is 30.3 Å². The van der Waals surface area contributed by atoms with Gasteiger partial charge in [0.05, 0.1) is 12.6 Å². The zero-order chi connectivity index (χ0) is 15.9. The fraction of sp³-hybridized carbons (Fsp3) is 0.650. The number of amides is 1. The van der Waals surface area contributed by atoms with Crippen LogP contribution in [0.2, 0.25) is 0 Å². The van der Waals surface area contributed by atoms with Crippen LogP contribution in [0, 0.1) is 17.8 Å². The first-order valence-electron chi connectivity index (χ1n) is 9.21. The van der Waals surface area contributed by atoms with E-state index in [2.05, 4.69) is 29.7 Å². The highest BCUT2D eigenvalue weighted by Gasteiger charge is 2.50. The van der Waals surface area contributed by atoms with Gasteiger partial charge >= 0.3 is 0 Å². The molecule has 0 unspecified atom stereocenters. The maximum absolute atomic E-state index is 12.3. The first-order chi connectivity index (χ1) is 11.1. The van der Waals surface area contributed by atoms with Crippen LogP contribution in [-0.2, 0) is 4.79 Å². The van der Waals surface area contributed by atoms with E-state index < -0.39 is 0 Å². The molecule has 1 amide bonds. The van der Waals surface area contributed by atoms with E-state index in [1.807, 2.05) is 18.2 Å². The quantitative estimate of drug-likeness (QED) is 0.874. The van der Waals surface area contributed by atoms with Crippen LogP contribution in [0.1, 0.15) is 57.1 Å². The van der Waals surface area contributed by atoms with Gasteiger partial charge in [0.2, 0.25) is 5.91 Å². The second-order valence-electron chi connectivity index (χ2n) is 8.25. The van der Waals surface area contributed by atoms with E-state index in [9.17, 15) is 4.79 Å². The molecule has 0 saturated heterocycles. The van der Waals surface area contributed by atoms with Crippen molar-refractivity contribution in [1.82, 2.24) is 10.6 Å². The molecule has 0 radical (unpaired) electrons. The van der Waals surface area contributed by atoms with Crippen LogP contribution in [-0.4, -0.2) is 18.0 Å². The largest absolute Gasteiger partial charge is 0.348 e. The Bertz CT molecular complexity index is 533. The number of nitrogens with one attached hydrogen (secondary N) is 2. The molecule has 2 N–H and O–H groups in total. The molecular weight excluding hydrogens is 284 g/mol. The molecule has 0 aliphatic heterocycles. The van der Waals surface area contributed by atoms with Gasteiger partial charge in [-0.2, -0.15) is 0 Å². The van der Waals surface area contributed by atoms with Gasteiger partial charge in [0.25, 0.3) is 0 Å². The number of benzene rings is 1. The number of carbonyl (C=O) groups excluding carboxylic acids is 1. The Balaban J connectivity index is 1.32. The summed E-state index contributed by atoms with van der Waals surface area (Å²) in [4.78, 5) is 12.3. The van der Waals surface area contributed by atoms with Crippen molar-refractivity contribution in [2.45, 2.75) is 57.0 Å². The minimum atomic E-state index is 0.0712. The van der Waals surface area contributed by atoms with E-state index in [4.69, 9.17) is 0 Å². The van der Waals surface area contributed by atoms with Gasteiger partial charge < -0.3 is 10.6 Å². The van der Waals surface area contributed by atoms with Crippen LogP contribution in [0.15, 0.2) is 30.3 Å². The minimum Gasteiger partial charge on any atom is -0.348 e. The Hall–Kier alpha value is -1.35. The van der Waals surface area contributed by atoms with E-state index >= 15 is 0 Å². The van der Waals surface area contributed by atoms with Gasteiger partial charge in [0.1, 0.15) is 0 Å². The molecule has 124 valence electrons. The van der Waals surface area contributed by atoms with Gasteiger partial charge in [-0.25, -0.2) is 0 Å². The SMILES string of the molecule is C[C@@H](NC(=O)CNC12CC3CC(CC(C3)C1)C2)c1ccccc1. The first kappa shape index (κ1) is 15.2. The Labute approximate surface area is 139 Å². The Morgan fingerprint density at radius 3 is 2.22 bits per heavy atom. The van der Waals surface area contributed by atoms with E-state index in [0.29, 0.717) is 6.54 Å². The fourth-order valence-electron chi connectivity index (χ4n) is 5.71. The van der Waals surface area contributed by atoms with Crippen molar-refractivity contribution in [2.24, 2.45) is 17.8 Å². The van der Waals surface area contributed by atoms with Crippen molar-refractivity contribution >= 4 is 5.91 Å². The van der Waals surface area contributed by atoms with Gasteiger partial charge in [0.15, 0.2) is 0 Å². The summed E-state index contributed by atoms with van der Waals surface area (Å²) in [6, 6.07) is 10.3. The zero-order valence-corrected chi connectivity index (χ0v) is 14.1. The number of rotatable bonds is 5. The van der Waals surface area contributed by atoms with E-state index in [1.54, 1.807) is 0 Å². The summed E-state index contributed by atoms with van der Waals surface area (Å²) in [5.74, 6) is 2.87. The second kappa shape index (κ2) is 5.94. The highest BCUT2D eigenvalue weighted by Crippen LogP contribution is 2.55. The van der Waals surface area contributed by atoms with Crippen molar-refractivity contribution < 1.29 is 4.79 Å². The molecule has 0 spiro atoms. The molecule has 1 aromatic rings. The molecule has 4 aliphatic rings. The van der Waals surface area contributed by atoms with Crippen LogP contribution in [0.25, 0.3) is 0 Å². The normalized spacial score (nSPS) is 36.0. The zero-order valence-electron chi connectivity index (χ0n) is 14.1. The van der Waals surface area contributed by atoms with Crippen LogP contribution in [0.3, 0.4) is 0 Å². The topological polar surface area (TPSA) is 41.1 Å². The monoisotopic (exact) mass is 312 g/mol. The molecule has 4 fully saturated rings. The highest BCUT2D eigenvalue weighted by atomic mass is 16.2. The molecule has 4 aliphatic carbocycles. The summed E-state index contributed by atoms with van der Waals surface area (Å²) in [6.07, 6.45) is 8.20. The van der Waals surface area contributed by atoms with Crippen molar-refractivity contribution in [3.63, 3.8) is 0 Å². The second-order valence-corrected chi connectivity index (χ2v) is 8.25. The van der Waals surface area contributed by atoms with Crippen molar-refractivity contribution in [3.05, 3.63) is 35.9 Å². The predicted octanol–water partition coefficient (Wildman–Crippen LogP) is 3.42. The van der Waals surface area contributed by atoms with Gasteiger partial charge in [-0.15, -0.1) is 0 Å². The predicted molar refractivity (Wildman–Crippen MR) is 91.9 cm³/mol. The average Bonchev–Trinajstić information content (AvgIpc) is 2.53. The fourth-order valence-corrected chi connectivity index (χ4v) is 5.71. The summed E-state index contributed by atoms with van der Waals surface area (Å²) in [6.45, 7) is 2.52. The Morgan fingerprint density at radius 2 is 1.65 bits per heavy atom. The standard InChI is InChI=1S/C20H28N2O/c1-14(18-5-3-2-4-6-18)22-19(23)13-21-20-10-15-7-16(11-20)9-17(8-15)12-20/h2-6,14-17,21H,7-13H2,1H3,(H,22,23)/t14-,15?,16?,17?,20?/m1/s1. The molecule has 0 heterocycles. The van der Waals surface area contributed by atoms with Crippen LogP contribution >= 0.6 is 0 Å². The number of carbonyl (C=O) groups is 1. The summed E-state index contributed by atoms with van der Waals surface area (Å²) in [5, 5.41) is 6.80.